The van der Waals surface area contributed by atoms with Gasteiger partial charge in [0.2, 0.25) is 0 Å². The average molecular weight is 430 g/mol. The number of benzene rings is 1. The van der Waals surface area contributed by atoms with Crippen LogP contribution < -0.4 is 5.48 Å². The Kier molecular flexibility index (Phi) is 8.14. The molecule has 1 saturated heterocycles. The number of fused-ring (bicyclic) bond motifs is 1. The molecule has 0 saturated carbocycles. The quantitative estimate of drug-likeness (QED) is 0.365. The molecule has 0 radical (unpaired) electrons. The number of esters is 1. The van der Waals surface area contributed by atoms with Crippen molar-refractivity contribution in [3.05, 3.63) is 52.8 Å². The van der Waals surface area contributed by atoms with Crippen molar-refractivity contribution in [2.45, 2.75) is 57.7 Å². The number of allylic oxidation sites excluding steroid dienone is 3. The van der Waals surface area contributed by atoms with Crippen molar-refractivity contribution in [3.8, 4) is 11.5 Å². The number of hydrogen-bond acceptors (Lipinski definition) is 7. The van der Waals surface area contributed by atoms with Crippen LogP contribution in [0.15, 0.2) is 36.1 Å². The Morgan fingerprint density at radius 3 is 2.68 bits per heavy atom. The predicted octanol–water partition coefficient (Wildman–Crippen LogP) is 4.67. The highest BCUT2D eigenvalue weighted by molar-refractivity contribution is 5.98. The summed E-state index contributed by atoms with van der Waals surface area (Å²) < 4.78 is 11.5. The van der Waals surface area contributed by atoms with E-state index in [1.165, 1.54) is 13.2 Å². The minimum absolute atomic E-state index is 0.00124. The summed E-state index contributed by atoms with van der Waals surface area (Å²) in [5.74, 6) is -1.12. The van der Waals surface area contributed by atoms with Gasteiger partial charge in [-0.2, -0.15) is 0 Å². The van der Waals surface area contributed by atoms with Gasteiger partial charge in [0.15, 0.2) is 0 Å². The molecule has 7 heteroatoms. The second kappa shape index (κ2) is 11.0. The van der Waals surface area contributed by atoms with Crippen LogP contribution in [-0.4, -0.2) is 36.0 Å². The SMILES string of the molecule is CON/C1=C\c2c(c(O)cc(O)c2C2CCCCO2)C(=O)OC(C)CC=CCCC=C1. The number of carbonyl (C=O) groups excluding carboxylic acids is 1. The molecular formula is C24H31NO6. The standard InChI is InChI=1S/C24H31NO6/c1-16-10-6-4-3-5-7-11-17(25-29-2)14-18-22(21-12-8-9-13-30-21)19(26)15-20(27)23(18)24(28)31-16/h4,6-7,11,14-16,21,25-27H,3,5,8-10,12-13H2,1-2H3/b6-4?,11-7?,17-14-. The van der Waals surface area contributed by atoms with Crippen molar-refractivity contribution >= 4 is 12.0 Å². The molecule has 0 spiro atoms. The maximum Gasteiger partial charge on any atom is 0.342 e. The van der Waals surface area contributed by atoms with Crippen LogP contribution in [0.1, 0.15) is 73.0 Å². The molecule has 1 aromatic rings. The fourth-order valence-corrected chi connectivity index (χ4v) is 3.84. The Bertz CT molecular complexity index is 867. The third-order valence-corrected chi connectivity index (χ3v) is 5.33. The summed E-state index contributed by atoms with van der Waals surface area (Å²) in [5.41, 5.74) is 4.18. The number of hydrogen-bond donors (Lipinski definition) is 3. The summed E-state index contributed by atoms with van der Waals surface area (Å²) in [5, 5.41) is 21.3. The normalized spacial score (nSPS) is 24.5. The second-order valence-corrected chi connectivity index (χ2v) is 7.78. The fourth-order valence-electron chi connectivity index (χ4n) is 3.84. The molecule has 3 rings (SSSR count). The van der Waals surface area contributed by atoms with E-state index >= 15 is 0 Å². The largest absolute Gasteiger partial charge is 0.507 e. The highest BCUT2D eigenvalue weighted by Crippen LogP contribution is 2.42. The zero-order valence-corrected chi connectivity index (χ0v) is 18.1. The minimum Gasteiger partial charge on any atom is -0.507 e. The molecule has 3 N–H and O–H groups in total. The van der Waals surface area contributed by atoms with Gasteiger partial charge in [-0.3, -0.25) is 10.3 Å². The highest BCUT2D eigenvalue weighted by atomic mass is 16.6. The van der Waals surface area contributed by atoms with Gasteiger partial charge in [-0.15, -0.1) is 0 Å². The van der Waals surface area contributed by atoms with E-state index in [4.69, 9.17) is 14.3 Å². The lowest BCUT2D eigenvalue weighted by Gasteiger charge is -2.27. The third kappa shape index (κ3) is 5.89. The van der Waals surface area contributed by atoms with Gasteiger partial charge < -0.3 is 19.7 Å². The Hall–Kier alpha value is -2.77. The zero-order chi connectivity index (χ0) is 22.2. The van der Waals surface area contributed by atoms with Crippen LogP contribution >= 0.6 is 0 Å². The summed E-state index contributed by atoms with van der Waals surface area (Å²) in [7, 11) is 1.49. The van der Waals surface area contributed by atoms with E-state index in [1.807, 2.05) is 25.2 Å². The summed E-state index contributed by atoms with van der Waals surface area (Å²) in [4.78, 5) is 18.2. The Labute approximate surface area is 183 Å². The molecule has 0 aromatic heterocycles. The van der Waals surface area contributed by atoms with Gasteiger partial charge >= 0.3 is 5.97 Å². The first kappa shape index (κ1) is 22.9. The zero-order valence-electron chi connectivity index (χ0n) is 18.1. The number of hydroxylamine groups is 1. The van der Waals surface area contributed by atoms with E-state index in [2.05, 4.69) is 11.6 Å². The molecule has 0 aliphatic carbocycles. The van der Waals surface area contributed by atoms with E-state index in [1.54, 1.807) is 6.08 Å². The van der Waals surface area contributed by atoms with Crippen LogP contribution in [0.25, 0.3) is 6.08 Å². The van der Waals surface area contributed by atoms with Crippen molar-refractivity contribution < 1.29 is 29.3 Å². The van der Waals surface area contributed by atoms with E-state index in [9.17, 15) is 15.0 Å². The topological polar surface area (TPSA) is 97.3 Å². The third-order valence-electron chi connectivity index (χ3n) is 5.33. The van der Waals surface area contributed by atoms with Crippen LogP contribution in [0.2, 0.25) is 0 Å². The van der Waals surface area contributed by atoms with E-state index in [0.29, 0.717) is 36.3 Å². The molecule has 1 aromatic carbocycles. The van der Waals surface area contributed by atoms with Crippen LogP contribution in [0.3, 0.4) is 0 Å². The Morgan fingerprint density at radius 1 is 1.13 bits per heavy atom. The first-order valence-corrected chi connectivity index (χ1v) is 10.7. The minimum atomic E-state index is -0.653. The van der Waals surface area contributed by atoms with E-state index in [0.717, 1.165) is 25.7 Å². The summed E-state index contributed by atoms with van der Waals surface area (Å²) in [6.07, 6.45) is 13.7. The van der Waals surface area contributed by atoms with Crippen molar-refractivity contribution in [1.29, 1.82) is 0 Å². The average Bonchev–Trinajstić information content (AvgIpc) is 2.73. The molecule has 2 aliphatic rings. The first-order valence-electron chi connectivity index (χ1n) is 10.7. The molecule has 0 bridgehead atoms. The highest BCUT2D eigenvalue weighted by Gasteiger charge is 2.29. The molecular weight excluding hydrogens is 398 g/mol. The smallest absolute Gasteiger partial charge is 0.342 e. The molecule has 2 atom stereocenters. The van der Waals surface area contributed by atoms with Gasteiger partial charge in [0.25, 0.3) is 0 Å². The number of phenolic OH excluding ortho intramolecular Hbond substituents is 2. The molecule has 7 nitrogen and oxygen atoms in total. The maximum atomic E-state index is 13.1. The number of ether oxygens (including phenoxy) is 2. The van der Waals surface area contributed by atoms with Gasteiger partial charge in [-0.1, -0.05) is 18.2 Å². The van der Waals surface area contributed by atoms with E-state index in [-0.39, 0.29) is 29.3 Å². The van der Waals surface area contributed by atoms with Gasteiger partial charge in [-0.25, -0.2) is 4.79 Å². The monoisotopic (exact) mass is 429 g/mol. The predicted molar refractivity (Wildman–Crippen MR) is 117 cm³/mol. The summed E-state index contributed by atoms with van der Waals surface area (Å²) in [6, 6.07) is 1.19. The Morgan fingerprint density at radius 2 is 1.94 bits per heavy atom. The van der Waals surface area contributed by atoms with Gasteiger partial charge in [0.05, 0.1) is 18.9 Å². The van der Waals surface area contributed by atoms with Gasteiger partial charge in [-0.05, 0) is 51.2 Å². The lowest BCUT2D eigenvalue weighted by atomic mass is 9.91. The second-order valence-electron chi connectivity index (χ2n) is 7.78. The van der Waals surface area contributed by atoms with Crippen molar-refractivity contribution in [2.75, 3.05) is 13.7 Å². The van der Waals surface area contributed by atoms with Crippen molar-refractivity contribution in [2.24, 2.45) is 0 Å². The first-order chi connectivity index (χ1) is 15.0. The number of carbonyl (C=O) groups is 1. The van der Waals surface area contributed by atoms with Crippen LogP contribution in [0.5, 0.6) is 11.5 Å². The van der Waals surface area contributed by atoms with Crippen molar-refractivity contribution in [3.63, 3.8) is 0 Å². The number of phenols is 2. The molecule has 1 fully saturated rings. The van der Waals surface area contributed by atoms with E-state index < -0.39 is 5.97 Å². The van der Waals surface area contributed by atoms with Crippen LogP contribution in [0.4, 0.5) is 0 Å². The maximum absolute atomic E-state index is 13.1. The number of cyclic esters (lactones) is 1. The fraction of sp³-hybridized carbons (Fsp3) is 0.458. The summed E-state index contributed by atoms with van der Waals surface area (Å²) in [6.45, 7) is 2.38. The lowest BCUT2D eigenvalue weighted by Crippen LogP contribution is -2.19. The molecule has 168 valence electrons. The van der Waals surface area contributed by atoms with Gasteiger partial charge in [0.1, 0.15) is 23.2 Å². The lowest BCUT2D eigenvalue weighted by molar-refractivity contribution is 0.0133. The molecule has 0 amide bonds. The number of aromatic hydroxyl groups is 2. The molecule has 31 heavy (non-hydrogen) atoms. The Balaban J connectivity index is 2.20. The van der Waals surface area contributed by atoms with Gasteiger partial charge in [0, 0.05) is 30.2 Å². The van der Waals surface area contributed by atoms with Crippen LogP contribution in [0, 0.1) is 0 Å². The number of nitrogens with one attached hydrogen (secondary N) is 1. The molecule has 2 aliphatic heterocycles. The molecule has 2 heterocycles. The van der Waals surface area contributed by atoms with Crippen LogP contribution in [-0.2, 0) is 14.3 Å². The summed E-state index contributed by atoms with van der Waals surface area (Å²) >= 11 is 0. The number of rotatable bonds is 3. The molecule has 2 unspecified atom stereocenters. The van der Waals surface area contributed by atoms with Crippen molar-refractivity contribution in [1.82, 2.24) is 5.48 Å².